The van der Waals surface area contributed by atoms with Crippen molar-refractivity contribution in [1.29, 1.82) is 0 Å². The summed E-state index contributed by atoms with van der Waals surface area (Å²) in [5.41, 5.74) is 1.68. The van der Waals surface area contributed by atoms with Crippen molar-refractivity contribution in [2.75, 3.05) is 24.5 Å². The Bertz CT molecular complexity index is 1150. The molecule has 182 valence electrons. The lowest BCUT2D eigenvalue weighted by atomic mass is 9.80. The van der Waals surface area contributed by atoms with Crippen LogP contribution < -0.4 is 15.0 Å². The van der Waals surface area contributed by atoms with E-state index in [1.165, 1.54) is 0 Å². The van der Waals surface area contributed by atoms with E-state index in [1.54, 1.807) is 30.6 Å². The van der Waals surface area contributed by atoms with E-state index in [9.17, 15) is 15.0 Å². The average molecular weight is 476 g/mol. The maximum atomic E-state index is 12.3. The summed E-state index contributed by atoms with van der Waals surface area (Å²) < 4.78 is 6.31. The second-order valence-electron chi connectivity index (χ2n) is 9.15. The fraction of sp³-hybridized carbons (Fsp3) is 0.385. The molecular weight excluding hydrogens is 446 g/mol. The van der Waals surface area contributed by atoms with Crippen LogP contribution >= 0.6 is 0 Å². The summed E-state index contributed by atoms with van der Waals surface area (Å²) in [4.78, 5) is 18.4. The zero-order chi connectivity index (χ0) is 24.3. The van der Waals surface area contributed by atoms with E-state index in [0.717, 1.165) is 17.1 Å². The number of rotatable bonds is 6. The number of piperidine rings is 1. The monoisotopic (exact) mass is 475 g/mol. The molecule has 1 amide bonds. The minimum absolute atomic E-state index is 0.0790. The van der Waals surface area contributed by atoms with Gasteiger partial charge in [-0.3, -0.25) is 9.78 Å². The van der Waals surface area contributed by atoms with Crippen LogP contribution in [0, 0.1) is 0 Å². The standard InChI is InChI=1S/C26H29N5O4/c32-21(19-5-3-11-27-16-19)17-28-25(34)15-20-7-8-24(30-29-20)31-12-9-26(10-13-31)23(33)14-18-4-1-2-6-22(18)35-26/h1-8,11,16,21,23,32-33H,9-10,12-15,17H2,(H,28,34). The Kier molecular flexibility index (Phi) is 6.61. The van der Waals surface area contributed by atoms with E-state index in [2.05, 4.69) is 25.4 Å². The molecule has 2 atom stereocenters. The highest BCUT2D eigenvalue weighted by molar-refractivity contribution is 5.78. The lowest BCUT2D eigenvalue weighted by molar-refractivity contribution is -0.121. The molecule has 2 unspecified atom stereocenters. The van der Waals surface area contributed by atoms with Crippen molar-refractivity contribution in [2.45, 2.75) is 43.5 Å². The van der Waals surface area contributed by atoms with Crippen molar-refractivity contribution in [3.63, 3.8) is 0 Å². The fourth-order valence-electron chi connectivity index (χ4n) is 4.75. The van der Waals surface area contributed by atoms with Gasteiger partial charge in [0.1, 0.15) is 11.4 Å². The van der Waals surface area contributed by atoms with Gasteiger partial charge in [0.2, 0.25) is 5.91 Å². The van der Waals surface area contributed by atoms with Crippen molar-refractivity contribution >= 4 is 11.7 Å². The largest absolute Gasteiger partial charge is 0.484 e. The maximum absolute atomic E-state index is 12.3. The van der Waals surface area contributed by atoms with E-state index >= 15 is 0 Å². The maximum Gasteiger partial charge on any atom is 0.226 e. The quantitative estimate of drug-likeness (QED) is 0.492. The minimum atomic E-state index is -0.816. The first kappa shape index (κ1) is 23.2. The van der Waals surface area contributed by atoms with Crippen LogP contribution in [0.3, 0.4) is 0 Å². The normalized spacial score (nSPS) is 19.5. The Labute approximate surface area is 203 Å². The van der Waals surface area contributed by atoms with Crippen LogP contribution in [-0.2, 0) is 17.6 Å². The van der Waals surface area contributed by atoms with Crippen LogP contribution in [0.1, 0.15) is 35.8 Å². The van der Waals surface area contributed by atoms with Crippen LogP contribution in [-0.4, -0.2) is 62.6 Å². The molecule has 2 aliphatic rings. The Morgan fingerprint density at radius 3 is 2.71 bits per heavy atom. The van der Waals surface area contributed by atoms with Gasteiger partial charge in [0.05, 0.1) is 24.3 Å². The van der Waals surface area contributed by atoms with Gasteiger partial charge in [-0.2, -0.15) is 5.10 Å². The third-order valence-corrected chi connectivity index (χ3v) is 6.85. The lowest BCUT2D eigenvalue weighted by Crippen LogP contribution is -2.57. The summed E-state index contributed by atoms with van der Waals surface area (Å²) in [7, 11) is 0. The smallest absolute Gasteiger partial charge is 0.226 e. The molecule has 0 radical (unpaired) electrons. The predicted octanol–water partition coefficient (Wildman–Crippen LogP) is 1.60. The summed E-state index contributed by atoms with van der Waals surface area (Å²) >= 11 is 0. The van der Waals surface area contributed by atoms with Crippen LogP contribution in [0.4, 0.5) is 5.82 Å². The highest BCUT2D eigenvalue weighted by atomic mass is 16.5. The van der Waals surface area contributed by atoms with Crippen molar-refractivity contribution in [3.05, 3.63) is 77.7 Å². The summed E-state index contributed by atoms with van der Waals surface area (Å²) in [6, 6.07) is 15.1. The number of carbonyl (C=O) groups is 1. The molecule has 1 saturated heterocycles. The van der Waals surface area contributed by atoms with E-state index in [-0.39, 0.29) is 18.9 Å². The lowest BCUT2D eigenvalue weighted by Gasteiger charge is -2.47. The van der Waals surface area contributed by atoms with E-state index in [1.807, 2.05) is 30.3 Å². The van der Waals surface area contributed by atoms with Gasteiger partial charge in [-0.25, -0.2) is 0 Å². The van der Waals surface area contributed by atoms with Crippen LogP contribution in [0.5, 0.6) is 5.75 Å². The number of pyridine rings is 1. The number of nitrogens with one attached hydrogen (secondary N) is 1. The zero-order valence-corrected chi connectivity index (χ0v) is 19.4. The van der Waals surface area contributed by atoms with Crippen LogP contribution in [0.25, 0.3) is 0 Å². The third kappa shape index (κ3) is 5.11. The molecule has 1 fully saturated rings. The number of carbonyl (C=O) groups excluding carboxylic acids is 1. The number of aliphatic hydroxyl groups is 2. The first-order valence-corrected chi connectivity index (χ1v) is 11.9. The highest BCUT2D eigenvalue weighted by Crippen LogP contribution is 2.40. The molecule has 0 bridgehead atoms. The number of fused-ring (bicyclic) bond motifs is 1. The molecule has 1 spiro atoms. The summed E-state index contributed by atoms with van der Waals surface area (Å²) in [6.45, 7) is 1.49. The number of aliphatic hydroxyl groups excluding tert-OH is 2. The van der Waals surface area contributed by atoms with Gasteiger partial charge >= 0.3 is 0 Å². The van der Waals surface area contributed by atoms with Crippen LogP contribution in [0.15, 0.2) is 60.9 Å². The predicted molar refractivity (Wildman–Crippen MR) is 129 cm³/mol. The summed E-state index contributed by atoms with van der Waals surface area (Å²) in [5.74, 6) is 1.36. The molecule has 4 heterocycles. The second-order valence-corrected chi connectivity index (χ2v) is 9.15. The third-order valence-electron chi connectivity index (χ3n) is 6.85. The molecule has 9 nitrogen and oxygen atoms in total. The number of anilines is 1. The average Bonchev–Trinajstić information content (AvgIpc) is 2.89. The molecule has 0 aliphatic carbocycles. The Morgan fingerprint density at radius 2 is 1.97 bits per heavy atom. The number of ether oxygens (including phenoxy) is 1. The molecule has 9 heteroatoms. The first-order chi connectivity index (χ1) is 17.0. The summed E-state index contributed by atoms with van der Waals surface area (Å²) in [5, 5.41) is 32.2. The number of hydrogen-bond donors (Lipinski definition) is 3. The molecule has 2 aromatic heterocycles. The molecule has 0 saturated carbocycles. The number of amides is 1. The van der Waals surface area contributed by atoms with Gasteiger partial charge < -0.3 is 25.2 Å². The van der Waals surface area contributed by atoms with Crippen molar-refractivity contribution in [2.24, 2.45) is 0 Å². The topological polar surface area (TPSA) is 121 Å². The molecule has 3 aromatic rings. The van der Waals surface area contributed by atoms with Gasteiger partial charge in [-0.15, -0.1) is 5.10 Å². The Balaban J connectivity index is 1.13. The van der Waals surface area contributed by atoms with Crippen LogP contribution in [0.2, 0.25) is 0 Å². The van der Waals surface area contributed by atoms with Gasteiger partial charge in [0, 0.05) is 56.9 Å². The minimum Gasteiger partial charge on any atom is -0.484 e. The van der Waals surface area contributed by atoms with Gasteiger partial charge in [-0.1, -0.05) is 24.3 Å². The zero-order valence-electron chi connectivity index (χ0n) is 19.4. The van der Waals surface area contributed by atoms with E-state index in [0.29, 0.717) is 43.6 Å². The Hall–Kier alpha value is -3.56. The summed E-state index contributed by atoms with van der Waals surface area (Å²) in [6.07, 6.45) is 3.91. The highest BCUT2D eigenvalue weighted by Gasteiger charge is 2.46. The molecule has 35 heavy (non-hydrogen) atoms. The first-order valence-electron chi connectivity index (χ1n) is 11.9. The molecule has 3 N–H and O–H groups in total. The van der Waals surface area contributed by atoms with Gasteiger partial charge in [0.15, 0.2) is 5.82 Å². The van der Waals surface area contributed by atoms with E-state index in [4.69, 9.17) is 4.74 Å². The number of benzene rings is 1. The number of nitrogens with zero attached hydrogens (tertiary/aromatic N) is 4. The second kappa shape index (κ2) is 9.97. The van der Waals surface area contributed by atoms with Gasteiger partial charge in [-0.05, 0) is 29.8 Å². The molecule has 1 aromatic carbocycles. The molecule has 5 rings (SSSR count). The molecule has 2 aliphatic heterocycles. The number of aromatic nitrogens is 3. The fourth-order valence-corrected chi connectivity index (χ4v) is 4.75. The SMILES string of the molecule is O=C(Cc1ccc(N2CCC3(CC2)Oc2ccccc2CC3O)nn1)NCC(O)c1cccnc1. The van der Waals surface area contributed by atoms with E-state index < -0.39 is 17.8 Å². The Morgan fingerprint density at radius 1 is 1.14 bits per heavy atom. The van der Waals surface area contributed by atoms with Crippen molar-refractivity contribution in [1.82, 2.24) is 20.5 Å². The van der Waals surface area contributed by atoms with Crippen molar-refractivity contribution < 1.29 is 19.7 Å². The van der Waals surface area contributed by atoms with Gasteiger partial charge in [0.25, 0.3) is 0 Å². The molecular formula is C26H29N5O4. The number of hydrogen-bond acceptors (Lipinski definition) is 8. The van der Waals surface area contributed by atoms with Crippen molar-refractivity contribution in [3.8, 4) is 5.75 Å². The number of para-hydroxylation sites is 1.